The molecule has 2 saturated heterocycles. The summed E-state index contributed by atoms with van der Waals surface area (Å²) in [5, 5.41) is 9.17. The third-order valence-corrected chi connectivity index (χ3v) is 3.58. The van der Waals surface area contributed by atoms with Crippen molar-refractivity contribution in [2.75, 3.05) is 19.8 Å². The number of hydrogen-bond donors (Lipinski definition) is 1. The highest BCUT2D eigenvalue weighted by Crippen LogP contribution is 2.21. The Morgan fingerprint density at radius 2 is 2.19 bits per heavy atom. The summed E-state index contributed by atoms with van der Waals surface area (Å²) in [6.07, 6.45) is 5.85. The Morgan fingerprint density at radius 1 is 1.31 bits per heavy atom. The Balaban J connectivity index is 1.82. The van der Waals surface area contributed by atoms with E-state index in [-0.39, 0.29) is 24.7 Å². The summed E-state index contributed by atoms with van der Waals surface area (Å²) >= 11 is 0. The van der Waals surface area contributed by atoms with Crippen molar-refractivity contribution in [1.29, 1.82) is 0 Å². The van der Waals surface area contributed by atoms with Gasteiger partial charge in [-0.1, -0.05) is 0 Å². The van der Waals surface area contributed by atoms with Crippen molar-refractivity contribution < 1.29 is 14.6 Å². The van der Waals surface area contributed by atoms with Gasteiger partial charge in [0.2, 0.25) is 5.91 Å². The molecule has 0 radical (unpaired) electrons. The van der Waals surface area contributed by atoms with Gasteiger partial charge < -0.3 is 14.7 Å². The van der Waals surface area contributed by atoms with Gasteiger partial charge in [-0.05, 0) is 32.1 Å². The molecular weight excluding hydrogens is 206 g/mol. The number of nitrogens with zero attached hydrogens (tertiary/aromatic N) is 1. The molecule has 4 nitrogen and oxygen atoms in total. The van der Waals surface area contributed by atoms with Crippen LogP contribution in [-0.4, -0.2) is 47.8 Å². The van der Waals surface area contributed by atoms with E-state index in [1.165, 1.54) is 6.42 Å². The van der Waals surface area contributed by atoms with Gasteiger partial charge in [-0.15, -0.1) is 0 Å². The number of amides is 1. The first kappa shape index (κ1) is 11.9. The maximum atomic E-state index is 12.0. The summed E-state index contributed by atoms with van der Waals surface area (Å²) in [5.41, 5.74) is 0. The van der Waals surface area contributed by atoms with Gasteiger partial charge in [0, 0.05) is 13.2 Å². The van der Waals surface area contributed by atoms with Crippen LogP contribution in [0.4, 0.5) is 0 Å². The minimum atomic E-state index is 0.0519. The van der Waals surface area contributed by atoms with Crippen molar-refractivity contribution in [2.24, 2.45) is 0 Å². The minimum Gasteiger partial charge on any atom is -0.394 e. The molecule has 2 atom stereocenters. The molecule has 2 rings (SSSR count). The van der Waals surface area contributed by atoms with E-state index >= 15 is 0 Å². The topological polar surface area (TPSA) is 49.8 Å². The summed E-state index contributed by atoms with van der Waals surface area (Å²) < 4.78 is 5.57. The van der Waals surface area contributed by atoms with Crippen LogP contribution in [0.3, 0.4) is 0 Å². The van der Waals surface area contributed by atoms with Gasteiger partial charge in [0.05, 0.1) is 25.2 Å². The second-order valence-electron chi connectivity index (χ2n) is 4.76. The van der Waals surface area contributed by atoms with Crippen molar-refractivity contribution in [3.8, 4) is 0 Å². The zero-order valence-corrected chi connectivity index (χ0v) is 9.73. The van der Waals surface area contributed by atoms with Crippen LogP contribution in [0, 0.1) is 0 Å². The van der Waals surface area contributed by atoms with Crippen LogP contribution in [0.5, 0.6) is 0 Å². The molecule has 0 bridgehead atoms. The summed E-state index contributed by atoms with van der Waals surface area (Å²) in [7, 11) is 0. The van der Waals surface area contributed by atoms with Crippen LogP contribution >= 0.6 is 0 Å². The maximum Gasteiger partial charge on any atom is 0.225 e. The van der Waals surface area contributed by atoms with Crippen LogP contribution in [-0.2, 0) is 9.53 Å². The summed E-state index contributed by atoms with van der Waals surface area (Å²) in [5.74, 6) is 0.156. The quantitative estimate of drug-likeness (QED) is 0.780. The molecule has 0 aromatic carbocycles. The van der Waals surface area contributed by atoms with E-state index in [1.807, 2.05) is 4.90 Å². The van der Waals surface area contributed by atoms with Gasteiger partial charge in [0.25, 0.3) is 0 Å². The van der Waals surface area contributed by atoms with Crippen LogP contribution in [0.1, 0.15) is 38.5 Å². The molecule has 2 fully saturated rings. The Kier molecular flexibility index (Phi) is 4.18. The van der Waals surface area contributed by atoms with Crippen LogP contribution < -0.4 is 0 Å². The predicted molar refractivity (Wildman–Crippen MR) is 60.0 cm³/mol. The molecule has 1 N–H and O–H groups in total. The standard InChI is InChI=1S/C12H21NO3/c14-9-10-4-3-6-13(10)12(15)8-11-5-1-2-7-16-11/h10-11,14H,1-9H2. The first-order chi connectivity index (χ1) is 7.81. The number of hydrogen-bond acceptors (Lipinski definition) is 3. The van der Waals surface area contributed by atoms with Gasteiger partial charge in [-0.2, -0.15) is 0 Å². The summed E-state index contributed by atoms with van der Waals surface area (Å²) in [6.45, 7) is 1.69. The predicted octanol–water partition coefficient (Wildman–Crippen LogP) is 0.929. The third-order valence-electron chi connectivity index (χ3n) is 3.58. The SMILES string of the molecule is O=C(CC1CCCCO1)N1CCCC1CO. The molecule has 2 unspecified atom stereocenters. The Bertz CT molecular complexity index is 238. The monoisotopic (exact) mass is 227 g/mol. The molecule has 2 heterocycles. The van der Waals surface area contributed by atoms with E-state index in [9.17, 15) is 4.79 Å². The van der Waals surface area contributed by atoms with Crippen LogP contribution in [0.25, 0.3) is 0 Å². The number of aliphatic hydroxyl groups excluding tert-OH is 1. The van der Waals surface area contributed by atoms with Gasteiger partial charge in [0.15, 0.2) is 0 Å². The zero-order valence-electron chi connectivity index (χ0n) is 9.73. The Labute approximate surface area is 96.6 Å². The molecule has 2 aliphatic rings. The number of ether oxygens (including phenoxy) is 1. The molecule has 2 aliphatic heterocycles. The summed E-state index contributed by atoms with van der Waals surface area (Å²) in [4.78, 5) is 13.8. The Hall–Kier alpha value is -0.610. The van der Waals surface area contributed by atoms with Crippen molar-refractivity contribution in [3.05, 3.63) is 0 Å². The average molecular weight is 227 g/mol. The maximum absolute atomic E-state index is 12.0. The second-order valence-corrected chi connectivity index (χ2v) is 4.76. The van der Waals surface area contributed by atoms with Gasteiger partial charge >= 0.3 is 0 Å². The Morgan fingerprint density at radius 3 is 2.88 bits per heavy atom. The fraction of sp³-hybridized carbons (Fsp3) is 0.917. The van der Waals surface area contributed by atoms with E-state index in [0.29, 0.717) is 6.42 Å². The van der Waals surface area contributed by atoms with E-state index in [4.69, 9.17) is 9.84 Å². The second kappa shape index (κ2) is 5.64. The van der Waals surface area contributed by atoms with Gasteiger partial charge in [-0.3, -0.25) is 4.79 Å². The molecule has 92 valence electrons. The first-order valence-corrected chi connectivity index (χ1v) is 6.33. The molecule has 0 aromatic heterocycles. The van der Waals surface area contributed by atoms with E-state index in [1.54, 1.807) is 0 Å². The highest BCUT2D eigenvalue weighted by molar-refractivity contribution is 5.77. The molecule has 0 saturated carbocycles. The molecule has 0 spiro atoms. The van der Waals surface area contributed by atoms with E-state index in [2.05, 4.69) is 0 Å². The normalized spacial score (nSPS) is 30.7. The average Bonchev–Trinajstić information content (AvgIpc) is 2.78. The largest absolute Gasteiger partial charge is 0.394 e. The minimum absolute atomic E-state index is 0.0519. The van der Waals surface area contributed by atoms with Crippen molar-refractivity contribution in [2.45, 2.75) is 50.7 Å². The highest BCUT2D eigenvalue weighted by Gasteiger charge is 2.29. The van der Waals surface area contributed by atoms with Crippen molar-refractivity contribution in [1.82, 2.24) is 4.90 Å². The van der Waals surface area contributed by atoms with Gasteiger partial charge in [-0.25, -0.2) is 0 Å². The number of carbonyl (C=O) groups is 1. The molecule has 0 aliphatic carbocycles. The van der Waals surface area contributed by atoms with Gasteiger partial charge in [0.1, 0.15) is 0 Å². The number of carbonyl (C=O) groups excluding carboxylic acids is 1. The highest BCUT2D eigenvalue weighted by atomic mass is 16.5. The number of likely N-dealkylation sites (tertiary alicyclic amines) is 1. The smallest absolute Gasteiger partial charge is 0.225 e. The van der Waals surface area contributed by atoms with Crippen molar-refractivity contribution in [3.63, 3.8) is 0 Å². The zero-order chi connectivity index (χ0) is 11.4. The number of rotatable bonds is 3. The van der Waals surface area contributed by atoms with Crippen LogP contribution in [0.15, 0.2) is 0 Å². The lowest BCUT2D eigenvalue weighted by Crippen LogP contribution is -2.39. The van der Waals surface area contributed by atoms with Crippen molar-refractivity contribution >= 4 is 5.91 Å². The lowest BCUT2D eigenvalue weighted by atomic mass is 10.1. The number of aliphatic hydroxyl groups is 1. The molecule has 0 aromatic rings. The molecule has 4 heteroatoms. The lowest BCUT2D eigenvalue weighted by Gasteiger charge is -2.27. The first-order valence-electron chi connectivity index (χ1n) is 6.33. The van der Waals surface area contributed by atoms with E-state index in [0.717, 1.165) is 38.8 Å². The van der Waals surface area contributed by atoms with E-state index < -0.39 is 0 Å². The molecular formula is C12H21NO3. The van der Waals surface area contributed by atoms with Crippen LogP contribution in [0.2, 0.25) is 0 Å². The third kappa shape index (κ3) is 2.74. The molecule has 1 amide bonds. The fourth-order valence-electron chi connectivity index (χ4n) is 2.63. The molecule has 16 heavy (non-hydrogen) atoms. The lowest BCUT2D eigenvalue weighted by molar-refractivity contribution is -0.136. The summed E-state index contributed by atoms with van der Waals surface area (Å²) in [6, 6.07) is 0.0519. The fourth-order valence-corrected chi connectivity index (χ4v) is 2.63.